The zero-order chi connectivity index (χ0) is 19.3. The summed E-state index contributed by atoms with van der Waals surface area (Å²) in [5.41, 5.74) is 1.75. The van der Waals surface area contributed by atoms with E-state index < -0.39 is 30.3 Å². The van der Waals surface area contributed by atoms with E-state index in [2.05, 4.69) is 19.2 Å². The molecule has 0 aliphatic carbocycles. The summed E-state index contributed by atoms with van der Waals surface area (Å²) in [6.07, 6.45) is 2.43. The summed E-state index contributed by atoms with van der Waals surface area (Å²) in [7, 11) is 0. The molecule has 0 radical (unpaired) electrons. The molecular weight excluding hydrogens is 334 g/mol. The van der Waals surface area contributed by atoms with Gasteiger partial charge in [0.25, 0.3) is 0 Å². The van der Waals surface area contributed by atoms with Crippen molar-refractivity contribution in [2.45, 2.75) is 46.0 Å². The number of nitrogens with zero attached hydrogens (tertiary/aromatic N) is 2. The van der Waals surface area contributed by atoms with Crippen LogP contribution in [0.4, 0.5) is 10.5 Å². The van der Waals surface area contributed by atoms with Crippen molar-refractivity contribution in [1.82, 2.24) is 9.80 Å². The van der Waals surface area contributed by atoms with Crippen molar-refractivity contribution in [2.75, 3.05) is 18.4 Å². The molecule has 1 aromatic rings. The molecule has 1 unspecified atom stereocenters. The van der Waals surface area contributed by atoms with E-state index in [1.54, 1.807) is 12.1 Å². The van der Waals surface area contributed by atoms with E-state index >= 15 is 0 Å². The van der Waals surface area contributed by atoms with E-state index in [1.165, 1.54) is 5.56 Å². The first-order valence-electron chi connectivity index (χ1n) is 8.96. The Hall–Kier alpha value is -2.70. The number of benzene rings is 1. The molecular formula is C19H25N3O4. The van der Waals surface area contributed by atoms with Crippen LogP contribution in [0.2, 0.25) is 0 Å². The molecule has 7 heteroatoms. The molecule has 1 aliphatic heterocycles. The highest BCUT2D eigenvalue weighted by Crippen LogP contribution is 2.20. The predicted octanol–water partition coefficient (Wildman–Crippen LogP) is 2.73. The number of hydrogen-bond donors (Lipinski definition) is 1. The fourth-order valence-electron chi connectivity index (χ4n) is 2.68. The largest absolute Gasteiger partial charge is 0.334 e. The first-order valence-corrected chi connectivity index (χ1v) is 8.96. The monoisotopic (exact) mass is 359 g/mol. The molecule has 1 aliphatic rings. The standard InChI is InChI=1S/C19H25N3O4/c1-4-6-11-21-17(24)18(25)22(19(21)26)12-16(23)20-15-9-7-14(8-10-15)13(3)5-2/h7-10,13H,4-6,11-12H2,1-3H3,(H,20,23). The Morgan fingerprint density at radius 2 is 1.65 bits per heavy atom. The third-order valence-corrected chi connectivity index (χ3v) is 4.55. The minimum atomic E-state index is -0.951. The van der Waals surface area contributed by atoms with Gasteiger partial charge in [-0.25, -0.2) is 9.69 Å². The van der Waals surface area contributed by atoms with Crippen LogP contribution in [0.25, 0.3) is 0 Å². The number of rotatable bonds is 8. The summed E-state index contributed by atoms with van der Waals surface area (Å²) in [6, 6.07) is 6.71. The molecule has 0 spiro atoms. The van der Waals surface area contributed by atoms with E-state index in [4.69, 9.17) is 0 Å². The van der Waals surface area contributed by atoms with E-state index in [0.29, 0.717) is 22.9 Å². The van der Waals surface area contributed by atoms with Crippen LogP contribution in [-0.2, 0) is 14.4 Å². The number of nitrogens with one attached hydrogen (secondary N) is 1. The van der Waals surface area contributed by atoms with Crippen LogP contribution < -0.4 is 5.32 Å². The second-order valence-electron chi connectivity index (χ2n) is 6.46. The maximum atomic E-state index is 12.2. The zero-order valence-electron chi connectivity index (χ0n) is 15.4. The average molecular weight is 359 g/mol. The number of urea groups is 1. The van der Waals surface area contributed by atoms with Crippen molar-refractivity contribution in [1.29, 1.82) is 0 Å². The van der Waals surface area contributed by atoms with E-state index in [1.807, 2.05) is 19.1 Å². The molecule has 0 saturated carbocycles. The van der Waals surface area contributed by atoms with Crippen LogP contribution in [0, 0.1) is 0 Å². The Morgan fingerprint density at radius 3 is 2.23 bits per heavy atom. The molecule has 140 valence electrons. The molecule has 2 rings (SSSR count). The smallest absolute Gasteiger partial charge is 0.325 e. The molecule has 1 heterocycles. The van der Waals surface area contributed by atoms with Gasteiger partial charge >= 0.3 is 17.8 Å². The van der Waals surface area contributed by atoms with Crippen LogP contribution in [0.15, 0.2) is 24.3 Å². The van der Waals surface area contributed by atoms with Crippen LogP contribution in [-0.4, -0.2) is 46.6 Å². The second-order valence-corrected chi connectivity index (χ2v) is 6.46. The molecule has 1 fully saturated rings. The van der Waals surface area contributed by atoms with Gasteiger partial charge in [0.1, 0.15) is 6.54 Å². The third kappa shape index (κ3) is 4.28. The lowest BCUT2D eigenvalue weighted by atomic mass is 9.99. The SMILES string of the molecule is CCCCN1C(=O)C(=O)N(CC(=O)Nc2ccc(C(C)CC)cc2)C1=O. The summed E-state index contributed by atoms with van der Waals surface area (Å²) in [5.74, 6) is -1.91. The van der Waals surface area contributed by atoms with Gasteiger partial charge in [-0.05, 0) is 36.5 Å². The highest BCUT2D eigenvalue weighted by molar-refractivity contribution is 6.45. The molecule has 7 nitrogen and oxygen atoms in total. The number of carbonyl (C=O) groups is 4. The van der Waals surface area contributed by atoms with Gasteiger partial charge < -0.3 is 5.32 Å². The third-order valence-electron chi connectivity index (χ3n) is 4.55. The van der Waals surface area contributed by atoms with Crippen molar-refractivity contribution < 1.29 is 19.2 Å². The van der Waals surface area contributed by atoms with Gasteiger partial charge in [-0.15, -0.1) is 0 Å². The minimum absolute atomic E-state index is 0.190. The summed E-state index contributed by atoms with van der Waals surface area (Å²) in [4.78, 5) is 49.8. The van der Waals surface area contributed by atoms with E-state index in [0.717, 1.165) is 17.7 Å². The van der Waals surface area contributed by atoms with Gasteiger partial charge in [0.15, 0.2) is 0 Å². The number of imide groups is 2. The maximum absolute atomic E-state index is 12.2. The Morgan fingerprint density at radius 1 is 1.04 bits per heavy atom. The van der Waals surface area contributed by atoms with Gasteiger partial charge in [0.2, 0.25) is 5.91 Å². The Balaban J connectivity index is 1.98. The first-order chi connectivity index (χ1) is 12.4. The Kier molecular flexibility index (Phi) is 6.49. The molecule has 1 N–H and O–H groups in total. The van der Waals surface area contributed by atoms with Crippen molar-refractivity contribution in [3.05, 3.63) is 29.8 Å². The van der Waals surface area contributed by atoms with Crippen LogP contribution >= 0.6 is 0 Å². The quantitative estimate of drug-likeness (QED) is 0.571. The summed E-state index contributed by atoms with van der Waals surface area (Å²) in [6.45, 7) is 5.87. The van der Waals surface area contributed by atoms with E-state index in [-0.39, 0.29) is 6.54 Å². The van der Waals surface area contributed by atoms with Gasteiger partial charge in [-0.3, -0.25) is 19.3 Å². The van der Waals surface area contributed by atoms with Gasteiger partial charge in [-0.1, -0.05) is 39.3 Å². The lowest BCUT2D eigenvalue weighted by Crippen LogP contribution is -2.39. The predicted molar refractivity (Wildman–Crippen MR) is 97.5 cm³/mol. The van der Waals surface area contributed by atoms with Gasteiger partial charge in [0, 0.05) is 12.2 Å². The zero-order valence-corrected chi connectivity index (χ0v) is 15.4. The van der Waals surface area contributed by atoms with Gasteiger partial charge in [0.05, 0.1) is 0 Å². The summed E-state index contributed by atoms with van der Waals surface area (Å²) < 4.78 is 0. The molecule has 1 saturated heterocycles. The number of carbonyl (C=O) groups excluding carboxylic acids is 4. The lowest BCUT2D eigenvalue weighted by Gasteiger charge is -2.15. The van der Waals surface area contributed by atoms with Crippen LogP contribution in [0.1, 0.15) is 51.5 Å². The Labute approximate surface area is 153 Å². The van der Waals surface area contributed by atoms with Crippen LogP contribution in [0.3, 0.4) is 0 Å². The number of anilines is 1. The van der Waals surface area contributed by atoms with E-state index in [9.17, 15) is 19.2 Å². The topological polar surface area (TPSA) is 86.8 Å². The number of hydrogen-bond acceptors (Lipinski definition) is 4. The maximum Gasteiger partial charge on any atom is 0.334 e. The highest BCUT2D eigenvalue weighted by Gasteiger charge is 2.44. The van der Waals surface area contributed by atoms with Crippen LogP contribution in [0.5, 0.6) is 0 Å². The molecule has 5 amide bonds. The normalized spacial score (nSPS) is 15.6. The molecule has 26 heavy (non-hydrogen) atoms. The lowest BCUT2D eigenvalue weighted by molar-refractivity contribution is -0.143. The van der Waals surface area contributed by atoms with Gasteiger partial charge in [-0.2, -0.15) is 0 Å². The van der Waals surface area contributed by atoms with Crippen molar-refractivity contribution in [2.24, 2.45) is 0 Å². The van der Waals surface area contributed by atoms with Crippen molar-refractivity contribution in [3.8, 4) is 0 Å². The minimum Gasteiger partial charge on any atom is -0.325 e. The fraction of sp³-hybridized carbons (Fsp3) is 0.474. The molecule has 1 atom stereocenters. The fourth-order valence-corrected chi connectivity index (χ4v) is 2.68. The molecule has 1 aromatic carbocycles. The summed E-state index contributed by atoms with van der Waals surface area (Å²) in [5, 5.41) is 2.65. The number of amides is 5. The highest BCUT2D eigenvalue weighted by atomic mass is 16.2. The number of unbranched alkanes of at least 4 members (excludes halogenated alkanes) is 1. The van der Waals surface area contributed by atoms with Crippen molar-refractivity contribution >= 4 is 29.4 Å². The van der Waals surface area contributed by atoms with Crippen molar-refractivity contribution in [3.63, 3.8) is 0 Å². The summed E-state index contributed by atoms with van der Waals surface area (Å²) >= 11 is 0. The molecule has 0 aromatic heterocycles. The Bertz CT molecular complexity index is 699. The first kappa shape index (κ1) is 19.6. The molecule has 0 bridgehead atoms. The average Bonchev–Trinajstić information content (AvgIpc) is 2.83. The second kappa shape index (κ2) is 8.60.